The molecule has 1 aliphatic rings. The second-order valence-corrected chi connectivity index (χ2v) is 5.86. The normalized spacial score (nSPS) is 17.0. The van der Waals surface area contributed by atoms with Crippen molar-refractivity contribution in [3.8, 4) is 5.75 Å². The fourth-order valence-corrected chi connectivity index (χ4v) is 2.95. The maximum absolute atomic E-state index is 12.8. The van der Waals surface area contributed by atoms with E-state index in [0.29, 0.717) is 27.6 Å². The number of carbonyl (C=O) groups excluding carboxylic acids is 1. The van der Waals surface area contributed by atoms with E-state index in [1.807, 2.05) is 36.4 Å². The molecule has 0 unspecified atom stereocenters. The number of amides is 1. The average Bonchev–Trinajstić information content (AvgIpc) is 2.55. The topological polar surface area (TPSA) is 73.4 Å². The fourth-order valence-electron chi connectivity index (χ4n) is 2.68. The summed E-state index contributed by atoms with van der Waals surface area (Å²) in [4.78, 5) is 12.8. The minimum atomic E-state index is -0.524. The first-order chi connectivity index (χ1) is 11.6. The van der Waals surface area contributed by atoms with E-state index in [-0.39, 0.29) is 11.7 Å². The Balaban J connectivity index is 1.98. The van der Waals surface area contributed by atoms with Gasteiger partial charge in [-0.15, -0.1) is 0 Å². The molecule has 4 N–H and O–H groups in total. The van der Waals surface area contributed by atoms with Gasteiger partial charge in [-0.25, -0.2) is 0 Å². The molecule has 0 fully saturated rings. The Labute approximate surface area is 145 Å². The number of nitrogens with one attached hydrogen (secondary N) is 3. The molecule has 122 valence electrons. The molecule has 1 aliphatic heterocycles. The molecule has 1 heterocycles. The zero-order valence-corrected chi connectivity index (χ0v) is 13.9. The quantitative estimate of drug-likeness (QED) is 0.647. The summed E-state index contributed by atoms with van der Waals surface area (Å²) in [5, 5.41) is 19.5. The van der Waals surface area contributed by atoms with E-state index in [1.54, 1.807) is 25.1 Å². The highest BCUT2D eigenvalue weighted by molar-refractivity contribution is 7.80. The summed E-state index contributed by atoms with van der Waals surface area (Å²) in [6.45, 7) is 1.79. The minimum absolute atomic E-state index is 0.109. The summed E-state index contributed by atoms with van der Waals surface area (Å²) in [7, 11) is 0. The number of rotatable bonds is 3. The van der Waals surface area contributed by atoms with Gasteiger partial charge in [0.05, 0.1) is 11.6 Å². The third kappa shape index (κ3) is 3.23. The van der Waals surface area contributed by atoms with Crippen molar-refractivity contribution in [2.45, 2.75) is 13.0 Å². The van der Waals surface area contributed by atoms with E-state index in [2.05, 4.69) is 16.0 Å². The monoisotopic (exact) mass is 339 g/mol. The molecular formula is C18H17N3O2S. The third-order valence-corrected chi connectivity index (χ3v) is 4.01. The van der Waals surface area contributed by atoms with Crippen molar-refractivity contribution in [1.29, 1.82) is 0 Å². The molecule has 2 aromatic rings. The maximum Gasteiger partial charge on any atom is 0.255 e. The van der Waals surface area contributed by atoms with Crippen molar-refractivity contribution in [3.63, 3.8) is 0 Å². The summed E-state index contributed by atoms with van der Waals surface area (Å²) in [6, 6.07) is 15.6. The number of para-hydroxylation sites is 2. The predicted octanol–water partition coefficient (Wildman–Crippen LogP) is 2.82. The average molecular weight is 339 g/mol. The Morgan fingerprint density at radius 3 is 2.50 bits per heavy atom. The number of thiocarbonyl (C=S) groups is 1. The van der Waals surface area contributed by atoms with Crippen LogP contribution in [0.2, 0.25) is 0 Å². The van der Waals surface area contributed by atoms with Gasteiger partial charge >= 0.3 is 0 Å². The molecule has 2 aromatic carbocycles. The number of carbonyl (C=O) groups is 1. The number of phenols is 1. The van der Waals surface area contributed by atoms with Crippen LogP contribution in [0.1, 0.15) is 18.5 Å². The van der Waals surface area contributed by atoms with Gasteiger partial charge in [-0.05, 0) is 37.3 Å². The molecule has 0 aliphatic carbocycles. The zero-order valence-electron chi connectivity index (χ0n) is 13.0. The summed E-state index contributed by atoms with van der Waals surface area (Å²) in [5.41, 5.74) is 2.43. The van der Waals surface area contributed by atoms with Crippen molar-refractivity contribution in [3.05, 3.63) is 71.4 Å². The molecule has 0 saturated carbocycles. The summed E-state index contributed by atoms with van der Waals surface area (Å²) >= 11 is 5.20. The summed E-state index contributed by atoms with van der Waals surface area (Å²) < 4.78 is 0. The Morgan fingerprint density at radius 2 is 1.79 bits per heavy atom. The number of aromatic hydroxyl groups is 1. The lowest BCUT2D eigenvalue weighted by atomic mass is 9.94. The van der Waals surface area contributed by atoms with Gasteiger partial charge in [0, 0.05) is 16.9 Å². The lowest BCUT2D eigenvalue weighted by Gasteiger charge is -2.30. The lowest BCUT2D eigenvalue weighted by molar-refractivity contribution is -0.113. The largest absolute Gasteiger partial charge is 0.508 e. The van der Waals surface area contributed by atoms with E-state index >= 15 is 0 Å². The molecule has 0 bridgehead atoms. The van der Waals surface area contributed by atoms with E-state index < -0.39 is 6.04 Å². The van der Waals surface area contributed by atoms with Crippen LogP contribution in [-0.4, -0.2) is 16.1 Å². The Morgan fingerprint density at radius 1 is 1.12 bits per heavy atom. The summed E-state index contributed by atoms with van der Waals surface area (Å²) in [5.74, 6) is -0.146. The molecule has 0 saturated heterocycles. The SMILES string of the molecule is CC1=C(C(=O)Nc2ccccc2)[C@H](c2ccccc2O)NC(=S)N1. The van der Waals surface area contributed by atoms with E-state index in [4.69, 9.17) is 12.2 Å². The van der Waals surface area contributed by atoms with E-state index in [0.717, 1.165) is 0 Å². The first-order valence-electron chi connectivity index (χ1n) is 7.49. The predicted molar refractivity (Wildman–Crippen MR) is 97.5 cm³/mol. The van der Waals surface area contributed by atoms with Gasteiger partial charge in [0.2, 0.25) is 0 Å². The van der Waals surface area contributed by atoms with Gasteiger partial charge in [-0.3, -0.25) is 4.79 Å². The van der Waals surface area contributed by atoms with Crippen LogP contribution in [0, 0.1) is 0 Å². The van der Waals surface area contributed by atoms with Crippen molar-refractivity contribution < 1.29 is 9.90 Å². The molecule has 5 nitrogen and oxygen atoms in total. The van der Waals surface area contributed by atoms with Crippen LogP contribution in [-0.2, 0) is 4.79 Å². The fraction of sp³-hybridized carbons (Fsp3) is 0.111. The Bertz CT molecular complexity index is 818. The van der Waals surface area contributed by atoms with Crippen LogP contribution in [0.15, 0.2) is 65.9 Å². The second kappa shape index (κ2) is 6.72. The first kappa shape index (κ1) is 16.0. The molecule has 6 heteroatoms. The van der Waals surface area contributed by atoms with Crippen molar-refractivity contribution in [2.24, 2.45) is 0 Å². The van der Waals surface area contributed by atoms with Crippen LogP contribution < -0.4 is 16.0 Å². The molecule has 0 radical (unpaired) electrons. The molecule has 0 aromatic heterocycles. The van der Waals surface area contributed by atoms with E-state index in [1.165, 1.54) is 0 Å². The van der Waals surface area contributed by atoms with Crippen molar-refractivity contribution in [1.82, 2.24) is 10.6 Å². The minimum Gasteiger partial charge on any atom is -0.508 e. The molecule has 24 heavy (non-hydrogen) atoms. The van der Waals surface area contributed by atoms with Gasteiger partial charge in [-0.2, -0.15) is 0 Å². The van der Waals surface area contributed by atoms with Crippen LogP contribution in [0.4, 0.5) is 5.69 Å². The number of allylic oxidation sites excluding steroid dienone is 1. The number of phenolic OH excluding ortho intramolecular Hbond substituents is 1. The highest BCUT2D eigenvalue weighted by Gasteiger charge is 2.31. The Kier molecular flexibility index (Phi) is 4.48. The van der Waals surface area contributed by atoms with Crippen LogP contribution in [0.25, 0.3) is 0 Å². The van der Waals surface area contributed by atoms with Gasteiger partial charge in [0.15, 0.2) is 5.11 Å². The van der Waals surface area contributed by atoms with Crippen LogP contribution >= 0.6 is 12.2 Å². The third-order valence-electron chi connectivity index (χ3n) is 3.79. The van der Waals surface area contributed by atoms with Gasteiger partial charge in [-0.1, -0.05) is 36.4 Å². The molecule has 1 atom stereocenters. The van der Waals surface area contributed by atoms with Crippen molar-refractivity contribution in [2.75, 3.05) is 5.32 Å². The standard InChI is InChI=1S/C18H17N3O2S/c1-11-15(17(23)20-12-7-3-2-4-8-12)16(21-18(24)19-11)13-9-5-6-10-14(13)22/h2-10,16,22H,1H3,(H,20,23)(H2,19,21,24)/t16-/m0/s1. The van der Waals surface area contributed by atoms with Gasteiger partial charge in [0.1, 0.15) is 5.75 Å². The van der Waals surface area contributed by atoms with Gasteiger partial charge < -0.3 is 21.1 Å². The highest BCUT2D eigenvalue weighted by Crippen LogP contribution is 2.32. The van der Waals surface area contributed by atoms with Gasteiger partial charge in [0.25, 0.3) is 5.91 Å². The molecule has 3 rings (SSSR count). The number of hydrogen-bond donors (Lipinski definition) is 4. The molecule has 0 spiro atoms. The van der Waals surface area contributed by atoms with Crippen molar-refractivity contribution >= 4 is 28.9 Å². The number of hydrogen-bond acceptors (Lipinski definition) is 3. The number of benzene rings is 2. The first-order valence-corrected chi connectivity index (χ1v) is 7.89. The maximum atomic E-state index is 12.8. The number of anilines is 1. The van der Waals surface area contributed by atoms with Crippen LogP contribution in [0.5, 0.6) is 5.75 Å². The Hall–Kier alpha value is -2.86. The molecular weight excluding hydrogens is 322 g/mol. The van der Waals surface area contributed by atoms with E-state index in [9.17, 15) is 9.90 Å². The smallest absolute Gasteiger partial charge is 0.255 e. The summed E-state index contributed by atoms with van der Waals surface area (Å²) in [6.07, 6.45) is 0. The zero-order chi connectivity index (χ0) is 17.1. The second-order valence-electron chi connectivity index (χ2n) is 5.45. The highest BCUT2D eigenvalue weighted by atomic mass is 32.1. The van der Waals surface area contributed by atoms with Crippen LogP contribution in [0.3, 0.4) is 0 Å². The molecule has 1 amide bonds. The lowest BCUT2D eigenvalue weighted by Crippen LogP contribution is -2.45.